The molecule has 0 bridgehead atoms. The number of H-pyrrole nitrogens is 1. The molecule has 0 fully saturated rings. The van der Waals surface area contributed by atoms with Crippen molar-refractivity contribution in [1.82, 2.24) is 20.3 Å². The summed E-state index contributed by atoms with van der Waals surface area (Å²) in [5, 5.41) is 9.91. The number of nitrogens with zero attached hydrogens (tertiary/aromatic N) is 3. The normalized spacial score (nSPS) is 13.1. The minimum absolute atomic E-state index is 0.270. The van der Waals surface area contributed by atoms with Gasteiger partial charge in [-0.05, 0) is 6.92 Å². The van der Waals surface area contributed by atoms with Crippen LogP contribution in [-0.2, 0) is 0 Å². The average molecular weight is 199 g/mol. The molecular weight excluding hydrogens is 192 g/mol. The van der Waals surface area contributed by atoms with Crippen molar-refractivity contribution < 1.29 is 4.52 Å². The fourth-order valence-corrected chi connectivity index (χ4v) is 0.976. The molecule has 0 saturated heterocycles. The second kappa shape index (κ2) is 3.18. The van der Waals surface area contributed by atoms with Gasteiger partial charge in [-0.15, -0.1) is 11.6 Å². The van der Waals surface area contributed by atoms with Crippen LogP contribution in [0.15, 0.2) is 16.9 Å². The number of rotatable bonds is 2. The standard InChI is InChI=1S/C7H7ClN4O/c1-4(8)7-11-6(12-13-7)5-2-9-10-3-5/h2-4H,1H3,(H,9,10). The molecule has 0 amide bonds. The van der Waals surface area contributed by atoms with Gasteiger partial charge in [-0.25, -0.2) is 0 Å². The molecule has 68 valence electrons. The highest BCUT2D eigenvalue weighted by atomic mass is 35.5. The van der Waals surface area contributed by atoms with Crippen molar-refractivity contribution in [2.45, 2.75) is 12.3 Å². The number of alkyl halides is 1. The maximum Gasteiger partial charge on any atom is 0.244 e. The van der Waals surface area contributed by atoms with E-state index in [1.165, 1.54) is 0 Å². The van der Waals surface area contributed by atoms with Gasteiger partial charge < -0.3 is 4.52 Å². The zero-order chi connectivity index (χ0) is 9.26. The predicted molar refractivity (Wildman–Crippen MR) is 46.1 cm³/mol. The first-order valence-electron chi connectivity index (χ1n) is 3.74. The third-order valence-electron chi connectivity index (χ3n) is 1.54. The van der Waals surface area contributed by atoms with Crippen LogP contribution >= 0.6 is 11.6 Å². The molecule has 13 heavy (non-hydrogen) atoms. The fourth-order valence-electron chi connectivity index (χ4n) is 0.887. The second-order valence-corrected chi connectivity index (χ2v) is 3.21. The van der Waals surface area contributed by atoms with E-state index < -0.39 is 0 Å². The number of aromatic nitrogens is 4. The Labute approximate surface area is 79.1 Å². The van der Waals surface area contributed by atoms with Crippen LogP contribution in [0.25, 0.3) is 11.4 Å². The lowest BCUT2D eigenvalue weighted by Crippen LogP contribution is -1.83. The molecule has 0 saturated carbocycles. The quantitative estimate of drug-likeness (QED) is 0.747. The molecule has 2 heterocycles. The second-order valence-electron chi connectivity index (χ2n) is 2.56. The van der Waals surface area contributed by atoms with E-state index in [-0.39, 0.29) is 5.38 Å². The summed E-state index contributed by atoms with van der Waals surface area (Å²) >= 11 is 5.76. The van der Waals surface area contributed by atoms with Crippen LogP contribution in [0.5, 0.6) is 0 Å². The summed E-state index contributed by atoms with van der Waals surface area (Å²) in [6.07, 6.45) is 3.31. The lowest BCUT2D eigenvalue weighted by Gasteiger charge is -1.89. The highest BCUT2D eigenvalue weighted by Crippen LogP contribution is 2.20. The zero-order valence-corrected chi connectivity index (χ0v) is 7.62. The first-order valence-corrected chi connectivity index (χ1v) is 4.18. The van der Waals surface area contributed by atoms with Gasteiger partial charge in [0.1, 0.15) is 5.38 Å². The molecule has 0 radical (unpaired) electrons. The van der Waals surface area contributed by atoms with Gasteiger partial charge in [0.2, 0.25) is 11.7 Å². The summed E-state index contributed by atoms with van der Waals surface area (Å²) in [5.74, 6) is 0.911. The molecule has 0 aliphatic carbocycles. The van der Waals surface area contributed by atoms with Gasteiger partial charge in [0.05, 0.1) is 11.8 Å². The summed E-state index contributed by atoms with van der Waals surface area (Å²) in [7, 11) is 0. The largest absolute Gasteiger partial charge is 0.337 e. The van der Waals surface area contributed by atoms with E-state index >= 15 is 0 Å². The van der Waals surface area contributed by atoms with Crippen molar-refractivity contribution in [2.24, 2.45) is 0 Å². The first kappa shape index (κ1) is 8.25. The Hall–Kier alpha value is -1.36. The number of nitrogens with one attached hydrogen (secondary N) is 1. The van der Waals surface area contributed by atoms with Crippen LogP contribution in [0.3, 0.4) is 0 Å². The molecule has 2 aromatic rings. The van der Waals surface area contributed by atoms with E-state index in [2.05, 4.69) is 20.3 Å². The predicted octanol–water partition coefficient (Wildman–Crippen LogP) is 1.76. The molecule has 1 unspecified atom stereocenters. The van der Waals surface area contributed by atoms with Crippen molar-refractivity contribution in [3.05, 3.63) is 18.3 Å². The number of hydrogen-bond acceptors (Lipinski definition) is 4. The molecule has 6 heteroatoms. The maximum absolute atomic E-state index is 5.76. The van der Waals surface area contributed by atoms with Crippen LogP contribution < -0.4 is 0 Å². The molecular formula is C7H7ClN4O. The van der Waals surface area contributed by atoms with E-state index in [0.717, 1.165) is 5.56 Å². The third kappa shape index (κ3) is 1.55. The molecule has 5 nitrogen and oxygen atoms in total. The molecule has 0 spiro atoms. The minimum Gasteiger partial charge on any atom is -0.337 e. The Morgan fingerprint density at radius 1 is 1.62 bits per heavy atom. The highest BCUT2D eigenvalue weighted by Gasteiger charge is 2.12. The van der Waals surface area contributed by atoms with Crippen LogP contribution in [0.1, 0.15) is 18.2 Å². The van der Waals surface area contributed by atoms with Gasteiger partial charge in [-0.1, -0.05) is 5.16 Å². The fraction of sp³-hybridized carbons (Fsp3) is 0.286. The van der Waals surface area contributed by atoms with Crippen LogP contribution in [0, 0.1) is 0 Å². The Balaban J connectivity index is 2.33. The molecule has 2 rings (SSSR count). The van der Waals surface area contributed by atoms with E-state index in [1.54, 1.807) is 19.3 Å². The summed E-state index contributed by atoms with van der Waals surface area (Å²) in [6.45, 7) is 1.77. The van der Waals surface area contributed by atoms with Gasteiger partial charge in [0.15, 0.2) is 0 Å². The first-order chi connectivity index (χ1) is 6.27. The van der Waals surface area contributed by atoms with Crippen LogP contribution in [-0.4, -0.2) is 20.3 Å². The molecule has 0 aliphatic heterocycles. The average Bonchev–Trinajstić information content (AvgIpc) is 2.75. The lowest BCUT2D eigenvalue weighted by molar-refractivity contribution is 0.379. The molecule has 1 N–H and O–H groups in total. The Morgan fingerprint density at radius 2 is 2.46 bits per heavy atom. The van der Waals surface area contributed by atoms with Crippen molar-refractivity contribution >= 4 is 11.6 Å². The summed E-state index contributed by atoms with van der Waals surface area (Å²) in [6, 6.07) is 0. The number of aromatic amines is 1. The van der Waals surface area contributed by atoms with Crippen molar-refractivity contribution in [3.8, 4) is 11.4 Å². The summed E-state index contributed by atoms with van der Waals surface area (Å²) in [5.41, 5.74) is 0.785. The number of hydrogen-bond donors (Lipinski definition) is 1. The minimum atomic E-state index is -0.270. The SMILES string of the molecule is CC(Cl)c1nc(-c2cn[nH]c2)no1. The van der Waals surface area contributed by atoms with Crippen LogP contribution in [0.2, 0.25) is 0 Å². The summed E-state index contributed by atoms with van der Waals surface area (Å²) in [4.78, 5) is 4.08. The van der Waals surface area contributed by atoms with Crippen molar-refractivity contribution in [1.29, 1.82) is 0 Å². The molecule has 0 aliphatic rings. The topological polar surface area (TPSA) is 67.6 Å². The van der Waals surface area contributed by atoms with Crippen molar-refractivity contribution in [3.63, 3.8) is 0 Å². The van der Waals surface area contributed by atoms with Gasteiger partial charge >= 0.3 is 0 Å². The van der Waals surface area contributed by atoms with E-state index in [0.29, 0.717) is 11.7 Å². The Bertz CT molecular complexity index is 381. The highest BCUT2D eigenvalue weighted by molar-refractivity contribution is 6.20. The van der Waals surface area contributed by atoms with Crippen LogP contribution in [0.4, 0.5) is 0 Å². The maximum atomic E-state index is 5.76. The Kier molecular flexibility index (Phi) is 2.02. The summed E-state index contributed by atoms with van der Waals surface area (Å²) < 4.78 is 4.92. The Morgan fingerprint density at radius 3 is 3.00 bits per heavy atom. The van der Waals surface area contributed by atoms with E-state index in [4.69, 9.17) is 16.1 Å². The molecule has 2 aromatic heterocycles. The van der Waals surface area contributed by atoms with Gasteiger partial charge in [0, 0.05) is 6.20 Å². The molecule has 0 aromatic carbocycles. The smallest absolute Gasteiger partial charge is 0.244 e. The van der Waals surface area contributed by atoms with Gasteiger partial charge in [0.25, 0.3) is 0 Å². The third-order valence-corrected chi connectivity index (χ3v) is 1.73. The van der Waals surface area contributed by atoms with E-state index in [1.807, 2.05) is 0 Å². The van der Waals surface area contributed by atoms with E-state index in [9.17, 15) is 0 Å². The monoisotopic (exact) mass is 198 g/mol. The van der Waals surface area contributed by atoms with Gasteiger partial charge in [-0.3, -0.25) is 5.10 Å². The molecule has 1 atom stereocenters. The van der Waals surface area contributed by atoms with Crippen molar-refractivity contribution in [2.75, 3.05) is 0 Å². The van der Waals surface area contributed by atoms with Gasteiger partial charge in [-0.2, -0.15) is 10.1 Å². The lowest BCUT2D eigenvalue weighted by atomic mass is 10.3. The number of halogens is 1. The zero-order valence-electron chi connectivity index (χ0n) is 6.86.